The van der Waals surface area contributed by atoms with Gasteiger partial charge >= 0.3 is 0 Å². The quantitative estimate of drug-likeness (QED) is 0.177. The highest BCUT2D eigenvalue weighted by molar-refractivity contribution is 6.07. The fourth-order valence-corrected chi connectivity index (χ4v) is 8.56. The van der Waals surface area contributed by atoms with Crippen LogP contribution < -0.4 is 4.90 Å². The summed E-state index contributed by atoms with van der Waals surface area (Å²) in [5.74, 6) is 0. The molecule has 1 aromatic heterocycles. The molecule has 0 N–H and O–H groups in total. The van der Waals surface area contributed by atoms with Crippen LogP contribution in [-0.4, -0.2) is 0 Å². The van der Waals surface area contributed by atoms with E-state index in [1.165, 1.54) is 49.9 Å². The summed E-state index contributed by atoms with van der Waals surface area (Å²) >= 11 is 0. The van der Waals surface area contributed by atoms with Crippen LogP contribution in [0.15, 0.2) is 168 Å². The number of nitrogens with zero attached hydrogens (tertiary/aromatic N) is 1. The molecule has 51 heavy (non-hydrogen) atoms. The molecule has 1 heterocycles. The molecule has 0 amide bonds. The second kappa shape index (κ2) is 11.9. The van der Waals surface area contributed by atoms with E-state index in [2.05, 4.69) is 196 Å². The third-order valence-corrected chi connectivity index (χ3v) is 10.9. The second-order valence-corrected chi connectivity index (χ2v) is 15.4. The summed E-state index contributed by atoms with van der Waals surface area (Å²) in [6.45, 7) is 9.47. The molecule has 1 aliphatic rings. The molecule has 0 spiro atoms. The number of rotatable bonds is 6. The number of furan rings is 1. The molecule has 0 saturated carbocycles. The van der Waals surface area contributed by atoms with Gasteiger partial charge in [0.15, 0.2) is 0 Å². The van der Waals surface area contributed by atoms with Gasteiger partial charge in [-0.25, -0.2) is 0 Å². The molecule has 248 valence electrons. The molecule has 7 aromatic carbocycles. The third-order valence-electron chi connectivity index (χ3n) is 10.9. The first kappa shape index (κ1) is 31.1. The Balaban J connectivity index is 1.15. The first-order valence-corrected chi connectivity index (χ1v) is 18.0. The molecule has 0 saturated heterocycles. The highest BCUT2D eigenvalue weighted by Crippen LogP contribution is 2.51. The minimum atomic E-state index is 0.118. The lowest BCUT2D eigenvalue weighted by atomic mass is 9.82. The van der Waals surface area contributed by atoms with Crippen molar-refractivity contribution in [3.05, 3.63) is 175 Å². The van der Waals surface area contributed by atoms with Crippen molar-refractivity contribution in [1.29, 1.82) is 0 Å². The number of fused-ring (bicyclic) bond motifs is 4. The van der Waals surface area contributed by atoms with Crippen LogP contribution in [0.2, 0.25) is 0 Å². The molecule has 2 nitrogen and oxygen atoms in total. The van der Waals surface area contributed by atoms with Crippen LogP contribution in [0.1, 0.15) is 45.2 Å². The van der Waals surface area contributed by atoms with Gasteiger partial charge in [0.25, 0.3) is 0 Å². The monoisotopic (exact) mass is 659 g/mol. The molecule has 0 bridgehead atoms. The van der Waals surface area contributed by atoms with Crippen molar-refractivity contribution in [2.75, 3.05) is 4.90 Å². The van der Waals surface area contributed by atoms with E-state index in [1.54, 1.807) is 0 Å². The zero-order valence-corrected chi connectivity index (χ0v) is 29.7. The fourth-order valence-electron chi connectivity index (χ4n) is 8.56. The van der Waals surface area contributed by atoms with Gasteiger partial charge in [-0.2, -0.15) is 0 Å². The summed E-state index contributed by atoms with van der Waals surface area (Å²) in [7, 11) is 0. The summed E-state index contributed by atoms with van der Waals surface area (Å²) in [4.78, 5) is 2.34. The predicted molar refractivity (Wildman–Crippen MR) is 215 cm³/mol. The van der Waals surface area contributed by atoms with Gasteiger partial charge in [0.2, 0.25) is 0 Å². The van der Waals surface area contributed by atoms with Gasteiger partial charge in [-0.15, -0.1) is 0 Å². The highest BCUT2D eigenvalue weighted by Gasteiger charge is 2.42. The molecular formula is C49H41NO. The van der Waals surface area contributed by atoms with E-state index in [4.69, 9.17) is 4.42 Å². The number of hydrogen-bond donors (Lipinski definition) is 0. The molecular weight excluding hydrogens is 619 g/mol. The lowest BCUT2D eigenvalue weighted by Gasteiger charge is -2.26. The van der Waals surface area contributed by atoms with Crippen molar-refractivity contribution in [2.24, 2.45) is 0 Å². The molecule has 1 aliphatic carbocycles. The molecule has 0 fully saturated rings. The molecule has 8 aromatic rings. The minimum Gasteiger partial charge on any atom is -0.456 e. The van der Waals surface area contributed by atoms with Crippen molar-refractivity contribution in [1.82, 2.24) is 0 Å². The van der Waals surface area contributed by atoms with Crippen LogP contribution in [0.25, 0.3) is 55.3 Å². The predicted octanol–water partition coefficient (Wildman–Crippen LogP) is 14.0. The van der Waals surface area contributed by atoms with Gasteiger partial charge in [-0.1, -0.05) is 137 Å². The maximum absolute atomic E-state index is 6.69. The number of benzene rings is 7. The first-order valence-electron chi connectivity index (χ1n) is 18.0. The second-order valence-electron chi connectivity index (χ2n) is 15.4. The summed E-state index contributed by atoms with van der Waals surface area (Å²) in [5.41, 5.74) is 15.4. The van der Waals surface area contributed by atoms with Crippen LogP contribution in [0, 0.1) is 0 Å². The Morgan fingerprint density at radius 3 is 1.49 bits per heavy atom. The SMILES string of the molecule is CC1(C)CC(C)(C)c2cc3c(cc21)oc1cc(N(c2ccc(-c4ccccc4)cc2)c2cccc(-c4ccc(-c5ccccc5)cc4)c2)ccc13. The van der Waals surface area contributed by atoms with Crippen molar-refractivity contribution in [3.8, 4) is 33.4 Å². The van der Waals surface area contributed by atoms with Crippen LogP contribution in [0.4, 0.5) is 17.1 Å². The summed E-state index contributed by atoms with van der Waals surface area (Å²) < 4.78 is 6.69. The zero-order valence-electron chi connectivity index (χ0n) is 29.7. The Kier molecular flexibility index (Phi) is 7.26. The van der Waals surface area contributed by atoms with Gasteiger partial charge < -0.3 is 9.32 Å². The van der Waals surface area contributed by atoms with Crippen LogP contribution >= 0.6 is 0 Å². The molecule has 0 aliphatic heterocycles. The smallest absolute Gasteiger partial charge is 0.137 e. The van der Waals surface area contributed by atoms with Gasteiger partial charge in [-0.3, -0.25) is 0 Å². The van der Waals surface area contributed by atoms with E-state index >= 15 is 0 Å². The van der Waals surface area contributed by atoms with Gasteiger partial charge in [0, 0.05) is 33.9 Å². The van der Waals surface area contributed by atoms with Crippen molar-refractivity contribution in [3.63, 3.8) is 0 Å². The lowest BCUT2D eigenvalue weighted by Crippen LogP contribution is -2.17. The summed E-state index contributed by atoms with van der Waals surface area (Å²) in [6.07, 6.45) is 1.14. The average Bonchev–Trinajstić information content (AvgIpc) is 3.61. The normalized spacial score (nSPS) is 14.5. The number of anilines is 3. The zero-order chi connectivity index (χ0) is 34.7. The molecule has 2 heteroatoms. The Hall–Kier alpha value is -5.86. The highest BCUT2D eigenvalue weighted by atomic mass is 16.3. The van der Waals surface area contributed by atoms with Gasteiger partial charge in [-0.05, 0) is 110 Å². The van der Waals surface area contributed by atoms with Crippen LogP contribution in [0.3, 0.4) is 0 Å². The van der Waals surface area contributed by atoms with E-state index in [-0.39, 0.29) is 10.8 Å². The molecule has 0 unspecified atom stereocenters. The maximum Gasteiger partial charge on any atom is 0.137 e. The van der Waals surface area contributed by atoms with E-state index in [0.29, 0.717) is 0 Å². The Morgan fingerprint density at radius 2 is 0.863 bits per heavy atom. The third kappa shape index (κ3) is 5.52. The van der Waals surface area contributed by atoms with E-state index in [9.17, 15) is 0 Å². The van der Waals surface area contributed by atoms with E-state index in [0.717, 1.165) is 40.0 Å². The summed E-state index contributed by atoms with van der Waals surface area (Å²) in [5, 5.41) is 2.35. The average molecular weight is 660 g/mol. The standard InChI is InChI=1S/C49H41NO/c1-48(2)32-49(3,4)45-31-47-43(30-44(45)48)42-27-26-41(29-46(42)51-47)50(39-24-22-36(23-25-39)34-14-9-6-10-15-34)40-17-11-16-38(28-40)37-20-18-35(19-21-37)33-12-7-5-8-13-33/h5-31H,32H2,1-4H3. The Bertz CT molecular complexity index is 2520. The summed E-state index contributed by atoms with van der Waals surface area (Å²) in [6, 6.07) is 59.1. The largest absolute Gasteiger partial charge is 0.456 e. The van der Waals surface area contributed by atoms with Crippen molar-refractivity contribution < 1.29 is 4.42 Å². The number of hydrogen-bond acceptors (Lipinski definition) is 2. The van der Waals surface area contributed by atoms with Crippen molar-refractivity contribution in [2.45, 2.75) is 44.9 Å². The first-order chi connectivity index (χ1) is 24.7. The Labute approximate surface area is 300 Å². The van der Waals surface area contributed by atoms with Gasteiger partial charge in [0.1, 0.15) is 11.2 Å². The molecule has 0 radical (unpaired) electrons. The van der Waals surface area contributed by atoms with Crippen LogP contribution in [0.5, 0.6) is 0 Å². The van der Waals surface area contributed by atoms with E-state index < -0.39 is 0 Å². The van der Waals surface area contributed by atoms with E-state index in [1.807, 2.05) is 0 Å². The molecule has 9 rings (SSSR count). The Morgan fingerprint density at radius 1 is 0.392 bits per heavy atom. The maximum atomic E-state index is 6.69. The fraction of sp³-hybridized carbons (Fsp3) is 0.143. The van der Waals surface area contributed by atoms with Crippen LogP contribution in [-0.2, 0) is 10.8 Å². The minimum absolute atomic E-state index is 0.118. The molecule has 0 atom stereocenters. The van der Waals surface area contributed by atoms with Gasteiger partial charge in [0.05, 0.1) is 0 Å². The lowest BCUT2D eigenvalue weighted by molar-refractivity contribution is 0.403. The van der Waals surface area contributed by atoms with Crippen molar-refractivity contribution >= 4 is 39.0 Å². The topological polar surface area (TPSA) is 16.4 Å².